The van der Waals surface area contributed by atoms with Gasteiger partial charge in [-0.05, 0) is 24.4 Å². The molecule has 0 aromatic carbocycles. The first-order valence-corrected chi connectivity index (χ1v) is 11.3. The molecule has 4 atom stereocenters. The van der Waals surface area contributed by atoms with Gasteiger partial charge in [0, 0.05) is 18.0 Å². The topological polar surface area (TPSA) is 169 Å². The molecule has 1 aliphatic heterocycles. The zero-order chi connectivity index (χ0) is 25.9. The summed E-state index contributed by atoms with van der Waals surface area (Å²) in [6, 6.07) is 7.31. The number of hydrogen-bond donors (Lipinski definition) is 4. The molecule has 5 heterocycles. The number of aliphatic hydroxyl groups is 2. The molecule has 0 spiro atoms. The number of fused-ring (bicyclic) bond motifs is 1. The van der Waals surface area contributed by atoms with Gasteiger partial charge in [-0.1, -0.05) is 12.6 Å². The SMILES string of the molecule is C=CNC(=O)[C@H]1O[C@@H](n2cnc3c(NCc4ccccn4)nc(-c4cncc(OC)c4)nc32)[C@H](O)[C@@H]1O. The van der Waals surface area contributed by atoms with Crippen LogP contribution in [0, 0.1) is 0 Å². The summed E-state index contributed by atoms with van der Waals surface area (Å²) < 4.78 is 12.5. The van der Waals surface area contributed by atoms with E-state index in [4.69, 9.17) is 9.47 Å². The highest BCUT2D eigenvalue weighted by Crippen LogP contribution is 2.34. The number of aliphatic hydroxyl groups excluding tert-OH is 2. The molecule has 5 rings (SSSR count). The fourth-order valence-corrected chi connectivity index (χ4v) is 3.97. The third kappa shape index (κ3) is 4.70. The molecule has 0 unspecified atom stereocenters. The van der Waals surface area contributed by atoms with Crippen molar-refractivity contribution in [2.75, 3.05) is 12.4 Å². The van der Waals surface area contributed by atoms with Crippen molar-refractivity contribution in [2.45, 2.75) is 31.1 Å². The van der Waals surface area contributed by atoms with Crippen LogP contribution < -0.4 is 15.4 Å². The number of rotatable bonds is 8. The van der Waals surface area contributed by atoms with Gasteiger partial charge >= 0.3 is 0 Å². The molecular weight excluding hydrogens is 480 g/mol. The lowest BCUT2D eigenvalue weighted by Crippen LogP contribution is -2.40. The molecule has 13 heteroatoms. The van der Waals surface area contributed by atoms with Gasteiger partial charge in [0.1, 0.15) is 18.0 Å². The van der Waals surface area contributed by atoms with E-state index in [9.17, 15) is 15.0 Å². The number of ether oxygens (including phenoxy) is 2. The molecule has 1 aliphatic rings. The lowest BCUT2D eigenvalue weighted by atomic mass is 10.1. The average molecular weight is 505 g/mol. The average Bonchev–Trinajstić information content (AvgIpc) is 3.48. The number of carbonyl (C=O) groups is 1. The maximum atomic E-state index is 12.3. The second kappa shape index (κ2) is 10.3. The van der Waals surface area contributed by atoms with Crippen molar-refractivity contribution < 1.29 is 24.5 Å². The van der Waals surface area contributed by atoms with Crippen molar-refractivity contribution in [2.24, 2.45) is 0 Å². The van der Waals surface area contributed by atoms with Gasteiger partial charge in [-0.3, -0.25) is 19.3 Å². The highest BCUT2D eigenvalue weighted by Gasteiger charge is 2.47. The van der Waals surface area contributed by atoms with E-state index in [1.165, 1.54) is 24.2 Å². The number of aromatic nitrogens is 6. The largest absolute Gasteiger partial charge is 0.495 e. The minimum Gasteiger partial charge on any atom is -0.495 e. The van der Waals surface area contributed by atoms with Crippen LogP contribution in [-0.2, 0) is 16.1 Å². The van der Waals surface area contributed by atoms with Crippen molar-refractivity contribution in [1.29, 1.82) is 0 Å². The van der Waals surface area contributed by atoms with E-state index in [1.807, 2.05) is 18.2 Å². The summed E-state index contributed by atoms with van der Waals surface area (Å²) in [6.07, 6.45) is 2.05. The van der Waals surface area contributed by atoms with Crippen molar-refractivity contribution >= 4 is 22.9 Å². The van der Waals surface area contributed by atoms with Crippen LogP contribution in [0.2, 0.25) is 0 Å². The van der Waals surface area contributed by atoms with Gasteiger partial charge in [-0.2, -0.15) is 0 Å². The van der Waals surface area contributed by atoms with E-state index >= 15 is 0 Å². The van der Waals surface area contributed by atoms with Crippen molar-refractivity contribution in [3.63, 3.8) is 0 Å². The van der Waals surface area contributed by atoms with Crippen LogP contribution >= 0.6 is 0 Å². The molecule has 0 saturated carbocycles. The van der Waals surface area contributed by atoms with Crippen LogP contribution in [0.5, 0.6) is 5.75 Å². The summed E-state index contributed by atoms with van der Waals surface area (Å²) in [6.45, 7) is 3.80. The van der Waals surface area contributed by atoms with E-state index in [2.05, 4.69) is 42.1 Å². The van der Waals surface area contributed by atoms with E-state index in [0.717, 1.165) is 5.69 Å². The van der Waals surface area contributed by atoms with Crippen molar-refractivity contribution in [1.82, 2.24) is 34.8 Å². The van der Waals surface area contributed by atoms with E-state index < -0.39 is 30.4 Å². The molecule has 190 valence electrons. The Morgan fingerprint density at radius 2 is 2.11 bits per heavy atom. The Balaban J connectivity index is 1.57. The molecule has 4 N–H and O–H groups in total. The fourth-order valence-electron chi connectivity index (χ4n) is 3.97. The minimum atomic E-state index is -1.48. The van der Waals surface area contributed by atoms with Crippen molar-refractivity contribution in [3.8, 4) is 17.1 Å². The highest BCUT2D eigenvalue weighted by molar-refractivity contribution is 5.85. The molecular formula is C24H24N8O5. The highest BCUT2D eigenvalue weighted by atomic mass is 16.6. The summed E-state index contributed by atoms with van der Waals surface area (Å²) in [7, 11) is 1.53. The fraction of sp³-hybridized carbons (Fsp3) is 0.250. The molecule has 1 saturated heterocycles. The van der Waals surface area contributed by atoms with Gasteiger partial charge in [0.15, 0.2) is 35.1 Å². The first kappa shape index (κ1) is 24.2. The van der Waals surface area contributed by atoms with Crippen molar-refractivity contribution in [3.05, 3.63) is 67.7 Å². The summed E-state index contributed by atoms with van der Waals surface area (Å²) in [5, 5.41) is 26.8. The van der Waals surface area contributed by atoms with E-state index in [0.29, 0.717) is 40.7 Å². The molecule has 0 bridgehead atoms. The zero-order valence-corrected chi connectivity index (χ0v) is 19.7. The number of hydrogen-bond acceptors (Lipinski definition) is 11. The number of carbonyl (C=O) groups excluding carboxylic acids is 1. The Hall–Kier alpha value is -4.46. The maximum absolute atomic E-state index is 12.3. The number of nitrogens with zero attached hydrogens (tertiary/aromatic N) is 6. The first-order valence-electron chi connectivity index (χ1n) is 11.3. The van der Waals surface area contributed by atoms with Gasteiger partial charge in [0.05, 0.1) is 31.9 Å². The number of pyridine rings is 2. The third-order valence-electron chi connectivity index (χ3n) is 5.81. The molecule has 0 aliphatic carbocycles. The van der Waals surface area contributed by atoms with Gasteiger partial charge in [-0.25, -0.2) is 15.0 Å². The summed E-state index contributed by atoms with van der Waals surface area (Å²) >= 11 is 0. The van der Waals surface area contributed by atoms with Gasteiger partial charge < -0.3 is 30.3 Å². The number of amides is 1. The smallest absolute Gasteiger partial charge is 0.255 e. The minimum absolute atomic E-state index is 0.303. The summed E-state index contributed by atoms with van der Waals surface area (Å²) in [5.74, 6) is 0.592. The van der Waals surface area contributed by atoms with E-state index in [-0.39, 0.29) is 0 Å². The Kier molecular flexibility index (Phi) is 6.72. The molecule has 1 fully saturated rings. The van der Waals surface area contributed by atoms with Gasteiger partial charge in [0.25, 0.3) is 5.91 Å². The molecule has 1 amide bonds. The Labute approximate surface area is 210 Å². The van der Waals surface area contributed by atoms with E-state index in [1.54, 1.807) is 24.7 Å². The first-order chi connectivity index (χ1) is 18.0. The number of imidazole rings is 1. The normalized spacial score (nSPS) is 21.1. The lowest BCUT2D eigenvalue weighted by Gasteiger charge is -2.17. The predicted molar refractivity (Wildman–Crippen MR) is 131 cm³/mol. The zero-order valence-electron chi connectivity index (χ0n) is 19.7. The van der Waals surface area contributed by atoms with Crippen LogP contribution in [0.3, 0.4) is 0 Å². The molecule has 4 aromatic heterocycles. The monoisotopic (exact) mass is 504 g/mol. The number of nitrogens with one attached hydrogen (secondary N) is 2. The van der Waals surface area contributed by atoms with Crippen LogP contribution in [0.4, 0.5) is 5.82 Å². The second-order valence-corrected chi connectivity index (χ2v) is 8.15. The van der Waals surface area contributed by atoms with Crippen LogP contribution in [0.25, 0.3) is 22.6 Å². The van der Waals surface area contributed by atoms with Crippen LogP contribution in [0.15, 0.2) is 62.0 Å². The number of methoxy groups -OCH3 is 1. The molecule has 37 heavy (non-hydrogen) atoms. The van der Waals surface area contributed by atoms with Gasteiger partial charge in [0.2, 0.25) is 0 Å². The predicted octanol–water partition coefficient (Wildman–Crippen LogP) is 0.783. The maximum Gasteiger partial charge on any atom is 0.255 e. The lowest BCUT2D eigenvalue weighted by molar-refractivity contribution is -0.136. The Morgan fingerprint density at radius 3 is 2.86 bits per heavy atom. The summed E-state index contributed by atoms with van der Waals surface area (Å²) in [5.41, 5.74) is 2.05. The van der Waals surface area contributed by atoms with Gasteiger partial charge in [-0.15, -0.1) is 0 Å². The molecule has 13 nitrogen and oxygen atoms in total. The second-order valence-electron chi connectivity index (χ2n) is 8.15. The quantitative estimate of drug-likeness (QED) is 0.267. The number of anilines is 1. The van der Waals surface area contributed by atoms with Crippen LogP contribution in [0.1, 0.15) is 11.9 Å². The third-order valence-corrected chi connectivity index (χ3v) is 5.81. The molecule has 0 radical (unpaired) electrons. The van der Waals surface area contributed by atoms with Crippen LogP contribution in [-0.4, -0.2) is 71.0 Å². The Bertz CT molecular complexity index is 1430. The standard InChI is InChI=1S/C24H24N8O5/c1-3-26-23(35)19-17(33)18(34)24(37-19)32-12-29-16-21(28-10-14-6-4-5-7-27-14)30-20(31-22(16)32)13-8-15(36-2)11-25-9-13/h3-9,11-12,17-19,24,33-34H,1,10H2,2H3,(H,26,35)(H,28,30,31)/t17-,18+,19-,24+/m0/s1. The summed E-state index contributed by atoms with van der Waals surface area (Å²) in [4.78, 5) is 34.5. The Morgan fingerprint density at radius 1 is 1.24 bits per heavy atom. The molecule has 4 aromatic rings.